The average molecular weight is 510 g/mol. The molecule has 3 aromatic carbocycles. The third-order valence-electron chi connectivity index (χ3n) is 5.69. The first-order valence-electron chi connectivity index (χ1n) is 11.6. The summed E-state index contributed by atoms with van der Waals surface area (Å²) in [6, 6.07) is 19.5. The topological polar surface area (TPSA) is 105 Å². The van der Waals surface area contributed by atoms with Gasteiger partial charge in [0.15, 0.2) is 0 Å². The maximum Gasteiger partial charge on any atom is 0.264 e. The fourth-order valence-corrected chi connectivity index (χ4v) is 4.92. The highest BCUT2D eigenvalue weighted by Crippen LogP contribution is 2.32. The number of para-hydroxylation sites is 3. The van der Waals surface area contributed by atoms with Crippen molar-refractivity contribution in [2.45, 2.75) is 38.1 Å². The van der Waals surface area contributed by atoms with Crippen molar-refractivity contribution < 1.29 is 22.7 Å². The lowest BCUT2D eigenvalue weighted by Crippen LogP contribution is -2.39. The SMILES string of the molecule is CCC(C)NC(=O)c1ccccc1NC(=O)CN(c1ccccc1OC)S(=O)(=O)c1ccc(C)cc1. The van der Waals surface area contributed by atoms with Crippen LogP contribution >= 0.6 is 0 Å². The van der Waals surface area contributed by atoms with Gasteiger partial charge >= 0.3 is 0 Å². The predicted molar refractivity (Wildman–Crippen MR) is 141 cm³/mol. The quantitative estimate of drug-likeness (QED) is 0.422. The van der Waals surface area contributed by atoms with Gasteiger partial charge in [0, 0.05) is 6.04 Å². The Hall–Kier alpha value is -3.85. The summed E-state index contributed by atoms with van der Waals surface area (Å²) in [5.74, 6) is -0.635. The Morgan fingerprint density at radius 2 is 1.61 bits per heavy atom. The van der Waals surface area contributed by atoms with Crippen molar-refractivity contribution in [1.82, 2.24) is 5.32 Å². The van der Waals surface area contributed by atoms with Gasteiger partial charge < -0.3 is 15.4 Å². The Labute approximate surface area is 212 Å². The number of hydrogen-bond donors (Lipinski definition) is 2. The summed E-state index contributed by atoms with van der Waals surface area (Å²) >= 11 is 0. The molecule has 1 atom stereocenters. The van der Waals surface area contributed by atoms with Gasteiger partial charge in [0.05, 0.1) is 28.9 Å². The molecule has 0 saturated carbocycles. The molecule has 9 heteroatoms. The molecule has 0 saturated heterocycles. The lowest BCUT2D eigenvalue weighted by atomic mass is 10.1. The number of carbonyl (C=O) groups excluding carboxylic acids is 2. The van der Waals surface area contributed by atoms with E-state index in [4.69, 9.17) is 4.74 Å². The first-order chi connectivity index (χ1) is 17.2. The summed E-state index contributed by atoms with van der Waals surface area (Å²) in [7, 11) is -2.69. The highest BCUT2D eigenvalue weighted by molar-refractivity contribution is 7.92. The van der Waals surface area contributed by atoms with E-state index in [0.29, 0.717) is 5.75 Å². The third-order valence-corrected chi connectivity index (χ3v) is 7.46. The van der Waals surface area contributed by atoms with Gasteiger partial charge in [-0.05, 0) is 56.7 Å². The Morgan fingerprint density at radius 3 is 2.28 bits per heavy atom. The van der Waals surface area contributed by atoms with Gasteiger partial charge in [-0.3, -0.25) is 13.9 Å². The van der Waals surface area contributed by atoms with Crippen molar-refractivity contribution in [2.75, 3.05) is 23.3 Å². The van der Waals surface area contributed by atoms with Crippen molar-refractivity contribution in [3.8, 4) is 5.75 Å². The van der Waals surface area contributed by atoms with Crippen LogP contribution < -0.4 is 19.7 Å². The first-order valence-corrected chi connectivity index (χ1v) is 13.0. The molecule has 3 aromatic rings. The highest BCUT2D eigenvalue weighted by atomic mass is 32.2. The molecule has 0 aliphatic heterocycles. The van der Waals surface area contributed by atoms with Crippen LogP contribution in [0.3, 0.4) is 0 Å². The first kappa shape index (κ1) is 26.7. The maximum absolute atomic E-state index is 13.7. The van der Waals surface area contributed by atoms with Crippen LogP contribution in [0.2, 0.25) is 0 Å². The number of methoxy groups -OCH3 is 1. The number of hydrogen-bond acceptors (Lipinski definition) is 5. The molecular formula is C27H31N3O5S. The zero-order valence-electron chi connectivity index (χ0n) is 20.8. The van der Waals surface area contributed by atoms with Crippen LogP contribution in [0.1, 0.15) is 36.2 Å². The second-order valence-electron chi connectivity index (χ2n) is 8.37. The van der Waals surface area contributed by atoms with Crippen LogP contribution in [-0.4, -0.2) is 39.9 Å². The van der Waals surface area contributed by atoms with E-state index < -0.39 is 22.5 Å². The lowest BCUT2D eigenvalue weighted by Gasteiger charge is -2.26. The number of ether oxygens (including phenoxy) is 1. The van der Waals surface area contributed by atoms with Crippen LogP contribution in [0, 0.1) is 6.92 Å². The number of aryl methyl sites for hydroxylation is 1. The van der Waals surface area contributed by atoms with E-state index in [2.05, 4.69) is 10.6 Å². The molecule has 8 nitrogen and oxygen atoms in total. The molecule has 2 amide bonds. The summed E-state index contributed by atoms with van der Waals surface area (Å²) in [6.45, 7) is 5.17. The lowest BCUT2D eigenvalue weighted by molar-refractivity contribution is -0.114. The van der Waals surface area contributed by atoms with Crippen LogP contribution in [0.5, 0.6) is 5.75 Å². The van der Waals surface area contributed by atoms with Crippen molar-refractivity contribution in [3.05, 3.63) is 83.9 Å². The summed E-state index contributed by atoms with van der Waals surface area (Å²) in [6.07, 6.45) is 0.755. The average Bonchev–Trinajstić information content (AvgIpc) is 2.87. The molecule has 0 fully saturated rings. The Morgan fingerprint density at radius 1 is 0.972 bits per heavy atom. The van der Waals surface area contributed by atoms with Crippen molar-refractivity contribution in [1.29, 1.82) is 0 Å². The van der Waals surface area contributed by atoms with Gasteiger partial charge in [-0.2, -0.15) is 0 Å². The molecule has 0 bridgehead atoms. The summed E-state index contributed by atoms with van der Waals surface area (Å²) in [4.78, 5) is 26.0. The molecule has 0 aliphatic rings. The second kappa shape index (κ2) is 11.7. The van der Waals surface area contributed by atoms with Crippen LogP contribution in [0.25, 0.3) is 0 Å². The van der Waals surface area contributed by atoms with E-state index in [0.717, 1.165) is 16.3 Å². The predicted octanol–water partition coefficient (Wildman–Crippen LogP) is 4.37. The standard InChI is InChI=1S/C27H31N3O5S/c1-5-20(3)28-27(32)22-10-6-7-11-23(22)29-26(31)18-30(24-12-8-9-13-25(24)35-4)36(33,34)21-16-14-19(2)15-17-21/h6-17,20H,5,18H2,1-4H3,(H,28,32)(H,29,31). The zero-order chi connectivity index (χ0) is 26.3. The number of sulfonamides is 1. The van der Waals surface area contributed by atoms with Gasteiger partial charge in [-0.1, -0.05) is 48.9 Å². The minimum atomic E-state index is -4.12. The number of nitrogens with one attached hydrogen (secondary N) is 2. The van der Waals surface area contributed by atoms with E-state index in [1.54, 1.807) is 60.7 Å². The molecule has 0 spiro atoms. The molecule has 0 aliphatic carbocycles. The number of amides is 2. The smallest absolute Gasteiger partial charge is 0.264 e. The molecule has 0 aromatic heterocycles. The normalized spacial score (nSPS) is 11.9. The number of nitrogens with zero attached hydrogens (tertiary/aromatic N) is 1. The molecule has 1 unspecified atom stereocenters. The molecular weight excluding hydrogens is 478 g/mol. The second-order valence-corrected chi connectivity index (χ2v) is 10.2. The maximum atomic E-state index is 13.7. The fourth-order valence-electron chi connectivity index (χ4n) is 3.49. The Balaban J connectivity index is 1.95. The van der Waals surface area contributed by atoms with Crippen LogP contribution in [0.4, 0.5) is 11.4 Å². The van der Waals surface area contributed by atoms with Gasteiger partial charge in [-0.25, -0.2) is 8.42 Å². The summed E-state index contributed by atoms with van der Waals surface area (Å²) in [5, 5.41) is 5.58. The van der Waals surface area contributed by atoms with E-state index >= 15 is 0 Å². The van der Waals surface area contributed by atoms with Crippen LogP contribution in [-0.2, 0) is 14.8 Å². The number of anilines is 2. The van der Waals surface area contributed by atoms with E-state index in [1.807, 2.05) is 20.8 Å². The molecule has 3 rings (SSSR count). The molecule has 0 radical (unpaired) electrons. The molecule has 0 heterocycles. The van der Waals surface area contributed by atoms with E-state index in [-0.39, 0.29) is 33.8 Å². The summed E-state index contributed by atoms with van der Waals surface area (Å²) < 4.78 is 33.7. The Bertz CT molecular complexity index is 1320. The summed E-state index contributed by atoms with van der Waals surface area (Å²) in [5.41, 5.74) is 1.70. The van der Waals surface area contributed by atoms with Crippen LogP contribution in [0.15, 0.2) is 77.7 Å². The molecule has 36 heavy (non-hydrogen) atoms. The highest BCUT2D eigenvalue weighted by Gasteiger charge is 2.29. The van der Waals surface area contributed by atoms with Gasteiger partial charge in [0.25, 0.3) is 15.9 Å². The van der Waals surface area contributed by atoms with Crippen molar-refractivity contribution in [2.24, 2.45) is 0 Å². The van der Waals surface area contributed by atoms with E-state index in [9.17, 15) is 18.0 Å². The number of carbonyl (C=O) groups is 2. The number of rotatable bonds is 10. The van der Waals surface area contributed by atoms with Crippen molar-refractivity contribution in [3.63, 3.8) is 0 Å². The largest absolute Gasteiger partial charge is 0.495 e. The molecule has 2 N–H and O–H groups in total. The monoisotopic (exact) mass is 509 g/mol. The minimum Gasteiger partial charge on any atom is -0.495 e. The Kier molecular flexibility index (Phi) is 8.71. The number of benzene rings is 3. The minimum absolute atomic E-state index is 0.0399. The fraction of sp³-hybridized carbons (Fsp3) is 0.259. The zero-order valence-corrected chi connectivity index (χ0v) is 21.6. The van der Waals surface area contributed by atoms with Gasteiger partial charge in [0.1, 0.15) is 12.3 Å². The van der Waals surface area contributed by atoms with Gasteiger partial charge in [0.2, 0.25) is 5.91 Å². The van der Waals surface area contributed by atoms with Gasteiger partial charge in [-0.15, -0.1) is 0 Å². The van der Waals surface area contributed by atoms with Crippen molar-refractivity contribution >= 4 is 33.2 Å². The van der Waals surface area contributed by atoms with E-state index in [1.165, 1.54) is 19.2 Å². The third kappa shape index (κ3) is 6.23. The molecule has 190 valence electrons.